The molecule has 1 saturated heterocycles. The molecule has 1 aliphatic heterocycles. The fourth-order valence-corrected chi connectivity index (χ4v) is 3.17. The summed E-state index contributed by atoms with van der Waals surface area (Å²) in [5.41, 5.74) is 2.59. The van der Waals surface area contributed by atoms with Crippen LogP contribution < -0.4 is 14.5 Å². The summed E-state index contributed by atoms with van der Waals surface area (Å²) < 4.78 is 5.38. The van der Waals surface area contributed by atoms with Gasteiger partial charge in [0.05, 0.1) is 18.7 Å². The van der Waals surface area contributed by atoms with Crippen molar-refractivity contribution in [1.82, 2.24) is 0 Å². The minimum atomic E-state index is -0.358. The van der Waals surface area contributed by atoms with E-state index in [1.165, 1.54) is 0 Å². The maximum absolute atomic E-state index is 12.8. The third-order valence-electron chi connectivity index (χ3n) is 4.57. The van der Waals surface area contributed by atoms with E-state index in [0.717, 1.165) is 16.9 Å². The van der Waals surface area contributed by atoms with Gasteiger partial charge in [-0.1, -0.05) is 24.3 Å². The molecular weight excluding hydrogens is 316 g/mol. The van der Waals surface area contributed by atoms with Gasteiger partial charge in [-0.05, 0) is 36.8 Å². The summed E-state index contributed by atoms with van der Waals surface area (Å²) in [5.74, 6) is 0.184. The van der Waals surface area contributed by atoms with Crippen LogP contribution >= 0.6 is 0 Å². The van der Waals surface area contributed by atoms with Crippen molar-refractivity contribution in [2.45, 2.75) is 13.3 Å². The topological polar surface area (TPSA) is 49.9 Å². The first-order chi connectivity index (χ1) is 12.0. The van der Waals surface area contributed by atoms with E-state index in [1.54, 1.807) is 24.0 Å². The van der Waals surface area contributed by atoms with Crippen LogP contribution in [0.3, 0.4) is 0 Å². The third kappa shape index (κ3) is 3.36. The Bertz CT molecular complexity index is 789. The maximum atomic E-state index is 12.8. The van der Waals surface area contributed by atoms with Crippen LogP contribution in [0.4, 0.5) is 11.4 Å². The SMILES string of the molecule is COc1ccc(C)cc1N1CC(C(=O)N(C)c2ccccc2)CC1=O. The molecule has 1 aliphatic rings. The van der Waals surface area contributed by atoms with Crippen LogP contribution in [0.1, 0.15) is 12.0 Å². The number of nitrogens with zero attached hydrogens (tertiary/aromatic N) is 2. The van der Waals surface area contributed by atoms with E-state index in [4.69, 9.17) is 4.74 Å². The maximum Gasteiger partial charge on any atom is 0.232 e. The average molecular weight is 338 g/mol. The van der Waals surface area contributed by atoms with Crippen LogP contribution in [0.25, 0.3) is 0 Å². The van der Waals surface area contributed by atoms with Crippen molar-refractivity contribution >= 4 is 23.2 Å². The lowest BCUT2D eigenvalue weighted by atomic mass is 10.1. The van der Waals surface area contributed by atoms with Gasteiger partial charge in [-0.3, -0.25) is 9.59 Å². The number of para-hydroxylation sites is 1. The van der Waals surface area contributed by atoms with Gasteiger partial charge in [0.15, 0.2) is 0 Å². The van der Waals surface area contributed by atoms with Crippen LogP contribution in [0.2, 0.25) is 0 Å². The summed E-state index contributed by atoms with van der Waals surface area (Å²) in [7, 11) is 3.33. The number of hydrogen-bond donors (Lipinski definition) is 0. The molecule has 1 fully saturated rings. The number of amides is 2. The number of carbonyl (C=O) groups is 2. The van der Waals surface area contributed by atoms with E-state index in [2.05, 4.69) is 0 Å². The first-order valence-electron chi connectivity index (χ1n) is 8.29. The standard InChI is InChI=1S/C20H22N2O3/c1-14-9-10-18(25-3)17(11-14)22-13-15(12-19(22)23)20(24)21(2)16-7-5-4-6-8-16/h4-11,15H,12-13H2,1-3H3. The lowest BCUT2D eigenvalue weighted by Gasteiger charge is -2.22. The summed E-state index contributed by atoms with van der Waals surface area (Å²) in [6, 6.07) is 15.2. The molecule has 1 atom stereocenters. The van der Waals surface area contributed by atoms with Crippen molar-refractivity contribution in [3.05, 3.63) is 54.1 Å². The molecule has 0 radical (unpaired) electrons. The molecule has 2 aromatic carbocycles. The molecule has 0 bridgehead atoms. The van der Waals surface area contributed by atoms with E-state index in [-0.39, 0.29) is 24.2 Å². The zero-order valence-corrected chi connectivity index (χ0v) is 14.7. The quantitative estimate of drug-likeness (QED) is 0.861. The van der Waals surface area contributed by atoms with E-state index in [0.29, 0.717) is 12.3 Å². The molecule has 2 amide bonds. The van der Waals surface area contributed by atoms with E-state index >= 15 is 0 Å². The van der Waals surface area contributed by atoms with Gasteiger partial charge in [-0.25, -0.2) is 0 Å². The van der Waals surface area contributed by atoms with Gasteiger partial charge in [-0.2, -0.15) is 0 Å². The lowest BCUT2D eigenvalue weighted by Crippen LogP contribution is -2.34. The van der Waals surface area contributed by atoms with Crippen LogP contribution in [-0.2, 0) is 9.59 Å². The third-order valence-corrected chi connectivity index (χ3v) is 4.57. The molecule has 3 rings (SSSR count). The Labute approximate surface area is 147 Å². The molecule has 1 unspecified atom stereocenters. The molecule has 0 aromatic heterocycles. The van der Waals surface area contributed by atoms with Crippen LogP contribution in [0, 0.1) is 12.8 Å². The highest BCUT2D eigenvalue weighted by molar-refractivity contribution is 6.04. The minimum Gasteiger partial charge on any atom is -0.495 e. The molecule has 0 aliphatic carbocycles. The highest BCUT2D eigenvalue weighted by atomic mass is 16.5. The highest BCUT2D eigenvalue weighted by Gasteiger charge is 2.37. The average Bonchev–Trinajstić information content (AvgIpc) is 3.02. The number of anilines is 2. The molecule has 0 spiro atoms. The van der Waals surface area contributed by atoms with Crippen molar-refractivity contribution < 1.29 is 14.3 Å². The molecule has 130 valence electrons. The number of aryl methyl sites for hydroxylation is 1. The summed E-state index contributed by atoms with van der Waals surface area (Å²) >= 11 is 0. The van der Waals surface area contributed by atoms with Gasteiger partial charge in [0.25, 0.3) is 0 Å². The first kappa shape index (κ1) is 17.0. The number of carbonyl (C=O) groups excluding carboxylic acids is 2. The molecule has 5 heteroatoms. The number of methoxy groups -OCH3 is 1. The lowest BCUT2D eigenvalue weighted by molar-refractivity contribution is -0.124. The largest absolute Gasteiger partial charge is 0.495 e. The van der Waals surface area contributed by atoms with E-state index in [1.807, 2.05) is 55.5 Å². The summed E-state index contributed by atoms with van der Waals surface area (Å²) in [5, 5.41) is 0. The first-order valence-corrected chi connectivity index (χ1v) is 8.29. The van der Waals surface area contributed by atoms with Crippen LogP contribution in [-0.4, -0.2) is 32.5 Å². The molecule has 2 aromatic rings. The predicted octanol–water partition coefficient (Wildman–Crippen LogP) is 3.02. The van der Waals surface area contributed by atoms with Crippen molar-refractivity contribution in [2.24, 2.45) is 5.92 Å². The fourth-order valence-electron chi connectivity index (χ4n) is 3.17. The second kappa shape index (κ2) is 6.97. The van der Waals surface area contributed by atoms with Crippen molar-refractivity contribution in [1.29, 1.82) is 0 Å². The molecule has 5 nitrogen and oxygen atoms in total. The molecule has 0 N–H and O–H groups in total. The molecular formula is C20H22N2O3. The zero-order valence-electron chi connectivity index (χ0n) is 14.7. The molecule has 25 heavy (non-hydrogen) atoms. The van der Waals surface area contributed by atoms with Crippen molar-refractivity contribution in [3.8, 4) is 5.75 Å². The predicted molar refractivity (Wildman–Crippen MR) is 98.0 cm³/mol. The van der Waals surface area contributed by atoms with Crippen molar-refractivity contribution in [2.75, 3.05) is 30.5 Å². The van der Waals surface area contributed by atoms with Gasteiger partial charge in [0.1, 0.15) is 5.75 Å². The Morgan fingerprint density at radius 2 is 1.92 bits per heavy atom. The molecule has 0 saturated carbocycles. The highest BCUT2D eigenvalue weighted by Crippen LogP contribution is 2.34. The number of ether oxygens (including phenoxy) is 1. The van der Waals surface area contributed by atoms with E-state index in [9.17, 15) is 9.59 Å². The zero-order chi connectivity index (χ0) is 18.0. The fraction of sp³-hybridized carbons (Fsp3) is 0.300. The Balaban J connectivity index is 1.81. The Kier molecular flexibility index (Phi) is 4.74. The van der Waals surface area contributed by atoms with Gasteiger partial charge in [0, 0.05) is 25.7 Å². The second-order valence-corrected chi connectivity index (χ2v) is 6.31. The van der Waals surface area contributed by atoms with E-state index < -0.39 is 0 Å². The monoisotopic (exact) mass is 338 g/mol. The number of benzene rings is 2. The summed E-state index contributed by atoms with van der Waals surface area (Å²) in [6.45, 7) is 2.34. The van der Waals surface area contributed by atoms with Gasteiger partial charge in [-0.15, -0.1) is 0 Å². The Morgan fingerprint density at radius 1 is 1.20 bits per heavy atom. The van der Waals surface area contributed by atoms with Crippen LogP contribution in [0.15, 0.2) is 48.5 Å². The Hall–Kier alpha value is -2.82. The van der Waals surface area contributed by atoms with Gasteiger partial charge in [0.2, 0.25) is 11.8 Å². The van der Waals surface area contributed by atoms with Crippen LogP contribution in [0.5, 0.6) is 5.75 Å². The normalized spacial score (nSPS) is 16.8. The smallest absolute Gasteiger partial charge is 0.232 e. The summed E-state index contributed by atoms with van der Waals surface area (Å²) in [6.07, 6.45) is 0.215. The Morgan fingerprint density at radius 3 is 2.60 bits per heavy atom. The van der Waals surface area contributed by atoms with Gasteiger partial charge < -0.3 is 14.5 Å². The second-order valence-electron chi connectivity index (χ2n) is 6.31. The van der Waals surface area contributed by atoms with Gasteiger partial charge >= 0.3 is 0 Å². The minimum absolute atomic E-state index is 0.0475. The molecule has 1 heterocycles. The number of rotatable bonds is 4. The number of hydrogen-bond acceptors (Lipinski definition) is 3. The summed E-state index contributed by atoms with van der Waals surface area (Å²) in [4.78, 5) is 28.6. The van der Waals surface area contributed by atoms with Crippen molar-refractivity contribution in [3.63, 3.8) is 0 Å².